The lowest BCUT2D eigenvalue weighted by molar-refractivity contribution is 0.413. The minimum atomic E-state index is 0.0406. The van der Waals surface area contributed by atoms with E-state index in [2.05, 4.69) is 22.3 Å². The Labute approximate surface area is 126 Å². The van der Waals surface area contributed by atoms with Crippen LogP contribution in [0.3, 0.4) is 0 Å². The van der Waals surface area contributed by atoms with Crippen LogP contribution < -0.4 is 10.5 Å². The first-order valence-electron chi connectivity index (χ1n) is 6.56. The largest absolute Gasteiger partial charge is 0.497 e. The summed E-state index contributed by atoms with van der Waals surface area (Å²) in [6, 6.07) is 6.22. The van der Waals surface area contributed by atoms with E-state index in [9.17, 15) is 0 Å². The van der Waals surface area contributed by atoms with Gasteiger partial charge in [-0.1, -0.05) is 29.2 Å². The standard InChI is InChI=1S/C14H17N3OS2/c1-8-16-17-14(19-8)20-12-6-3-9-7-10(18-2)4-5-11(9)13(12)15/h4-5,7,12-13H,3,6,15H2,1-2H3. The third-order valence-electron chi connectivity index (χ3n) is 3.57. The van der Waals surface area contributed by atoms with E-state index < -0.39 is 0 Å². The van der Waals surface area contributed by atoms with Gasteiger partial charge in [-0.25, -0.2) is 0 Å². The van der Waals surface area contributed by atoms with E-state index in [1.54, 1.807) is 30.2 Å². The summed E-state index contributed by atoms with van der Waals surface area (Å²) in [6.45, 7) is 1.98. The number of nitrogens with two attached hydrogens (primary N) is 1. The summed E-state index contributed by atoms with van der Waals surface area (Å²) in [6.07, 6.45) is 2.10. The summed E-state index contributed by atoms with van der Waals surface area (Å²) >= 11 is 3.39. The van der Waals surface area contributed by atoms with Crippen LogP contribution in [0.25, 0.3) is 0 Å². The monoisotopic (exact) mass is 307 g/mol. The van der Waals surface area contributed by atoms with Crippen molar-refractivity contribution >= 4 is 23.1 Å². The van der Waals surface area contributed by atoms with Crippen molar-refractivity contribution in [1.29, 1.82) is 0 Å². The lowest BCUT2D eigenvalue weighted by Gasteiger charge is -2.30. The van der Waals surface area contributed by atoms with Gasteiger partial charge in [0.2, 0.25) is 0 Å². The second kappa shape index (κ2) is 5.71. The van der Waals surface area contributed by atoms with Crippen molar-refractivity contribution < 1.29 is 4.74 Å². The fourth-order valence-electron chi connectivity index (χ4n) is 2.52. The van der Waals surface area contributed by atoms with Gasteiger partial charge in [0.25, 0.3) is 0 Å². The first-order chi connectivity index (χ1) is 9.67. The van der Waals surface area contributed by atoms with Crippen LogP contribution in [0, 0.1) is 6.92 Å². The number of methoxy groups -OCH3 is 1. The van der Waals surface area contributed by atoms with Crippen LogP contribution in [-0.2, 0) is 6.42 Å². The van der Waals surface area contributed by atoms with Crippen LogP contribution in [0.1, 0.15) is 28.6 Å². The molecule has 2 atom stereocenters. The second-order valence-corrected chi connectivity index (χ2v) is 7.54. The second-order valence-electron chi connectivity index (χ2n) is 4.87. The van der Waals surface area contributed by atoms with Gasteiger partial charge in [0.1, 0.15) is 10.8 Å². The molecule has 106 valence electrons. The molecule has 2 N–H and O–H groups in total. The smallest absolute Gasteiger partial charge is 0.174 e. The quantitative estimate of drug-likeness (QED) is 0.944. The molecule has 2 aromatic rings. The molecule has 0 bridgehead atoms. The highest BCUT2D eigenvalue weighted by molar-refractivity contribution is 8.01. The maximum atomic E-state index is 6.43. The highest BCUT2D eigenvalue weighted by atomic mass is 32.2. The molecule has 2 unspecified atom stereocenters. The lowest BCUT2D eigenvalue weighted by atomic mass is 9.87. The van der Waals surface area contributed by atoms with Crippen molar-refractivity contribution in [1.82, 2.24) is 10.2 Å². The SMILES string of the molecule is COc1ccc2c(c1)CCC(Sc1nnc(C)s1)C2N. The molecule has 0 aliphatic heterocycles. The van der Waals surface area contributed by atoms with Crippen molar-refractivity contribution in [2.24, 2.45) is 5.73 Å². The summed E-state index contributed by atoms with van der Waals surface area (Å²) in [5.41, 5.74) is 8.97. The Morgan fingerprint density at radius 1 is 1.40 bits per heavy atom. The van der Waals surface area contributed by atoms with Crippen molar-refractivity contribution in [3.63, 3.8) is 0 Å². The molecule has 0 fully saturated rings. The predicted octanol–water partition coefficient (Wildman–Crippen LogP) is 2.96. The van der Waals surface area contributed by atoms with Gasteiger partial charge < -0.3 is 10.5 Å². The average Bonchev–Trinajstić information content (AvgIpc) is 2.87. The minimum absolute atomic E-state index is 0.0406. The summed E-state index contributed by atoms with van der Waals surface area (Å²) in [5, 5.41) is 9.61. The first-order valence-corrected chi connectivity index (χ1v) is 8.26. The number of hydrogen-bond acceptors (Lipinski definition) is 6. The Morgan fingerprint density at radius 3 is 2.95 bits per heavy atom. The minimum Gasteiger partial charge on any atom is -0.497 e. The molecule has 1 aliphatic carbocycles. The Bertz CT molecular complexity index is 614. The molecule has 6 heteroatoms. The first kappa shape index (κ1) is 13.9. The molecule has 3 rings (SSSR count). The molecule has 1 aliphatic rings. The van der Waals surface area contributed by atoms with Crippen LogP contribution in [-0.4, -0.2) is 22.6 Å². The van der Waals surface area contributed by atoms with Crippen LogP contribution in [0.5, 0.6) is 5.75 Å². The number of fused-ring (bicyclic) bond motifs is 1. The highest BCUT2D eigenvalue weighted by Crippen LogP contribution is 2.40. The predicted molar refractivity (Wildman–Crippen MR) is 82.5 cm³/mol. The van der Waals surface area contributed by atoms with Gasteiger partial charge in [-0.3, -0.25) is 0 Å². The average molecular weight is 307 g/mol. The lowest BCUT2D eigenvalue weighted by Crippen LogP contribution is -2.29. The number of nitrogens with zero attached hydrogens (tertiary/aromatic N) is 2. The molecule has 1 aromatic carbocycles. The Balaban J connectivity index is 1.80. The molecule has 20 heavy (non-hydrogen) atoms. The summed E-state index contributed by atoms with van der Waals surface area (Å²) in [4.78, 5) is 0. The number of benzene rings is 1. The van der Waals surface area contributed by atoms with Crippen LogP contribution in [0.15, 0.2) is 22.5 Å². The maximum absolute atomic E-state index is 6.43. The third-order valence-corrected chi connectivity index (χ3v) is 5.85. The number of rotatable bonds is 3. The summed E-state index contributed by atoms with van der Waals surface area (Å²) in [7, 11) is 1.70. The Morgan fingerprint density at radius 2 is 2.25 bits per heavy atom. The summed E-state index contributed by atoms with van der Waals surface area (Å²) < 4.78 is 6.29. The zero-order valence-electron chi connectivity index (χ0n) is 11.5. The number of thioether (sulfide) groups is 1. The number of aryl methyl sites for hydroxylation is 2. The molecule has 0 amide bonds. The van der Waals surface area contributed by atoms with Gasteiger partial charge in [-0.2, -0.15) is 0 Å². The molecule has 1 aromatic heterocycles. The van der Waals surface area contributed by atoms with E-state index in [0.717, 1.165) is 27.9 Å². The van der Waals surface area contributed by atoms with E-state index in [1.807, 2.05) is 13.0 Å². The molecule has 0 radical (unpaired) electrons. The summed E-state index contributed by atoms with van der Waals surface area (Å²) in [5.74, 6) is 0.904. The van der Waals surface area contributed by atoms with Gasteiger partial charge in [0.15, 0.2) is 4.34 Å². The van der Waals surface area contributed by atoms with Gasteiger partial charge in [-0.05, 0) is 43.0 Å². The van der Waals surface area contributed by atoms with Crippen molar-refractivity contribution in [3.8, 4) is 5.75 Å². The van der Waals surface area contributed by atoms with Crippen LogP contribution in [0.4, 0.5) is 0 Å². The zero-order valence-corrected chi connectivity index (χ0v) is 13.1. The van der Waals surface area contributed by atoms with Crippen LogP contribution in [0.2, 0.25) is 0 Å². The van der Waals surface area contributed by atoms with E-state index in [4.69, 9.17) is 10.5 Å². The number of aromatic nitrogens is 2. The molecule has 0 saturated carbocycles. The number of hydrogen-bond donors (Lipinski definition) is 1. The topological polar surface area (TPSA) is 61.0 Å². The van der Waals surface area contributed by atoms with Crippen molar-refractivity contribution in [3.05, 3.63) is 34.3 Å². The zero-order chi connectivity index (χ0) is 14.1. The molecule has 1 heterocycles. The Hall–Kier alpha value is -1.11. The van der Waals surface area contributed by atoms with E-state index >= 15 is 0 Å². The van der Waals surface area contributed by atoms with Crippen LogP contribution >= 0.6 is 23.1 Å². The van der Waals surface area contributed by atoms with E-state index in [0.29, 0.717) is 5.25 Å². The fraction of sp³-hybridized carbons (Fsp3) is 0.429. The van der Waals surface area contributed by atoms with E-state index in [1.165, 1.54) is 11.1 Å². The fourth-order valence-corrected chi connectivity index (χ4v) is 4.73. The van der Waals surface area contributed by atoms with Gasteiger partial charge >= 0.3 is 0 Å². The van der Waals surface area contributed by atoms with E-state index in [-0.39, 0.29) is 6.04 Å². The maximum Gasteiger partial charge on any atom is 0.174 e. The molecular formula is C14H17N3OS2. The van der Waals surface area contributed by atoms with Crippen molar-refractivity contribution in [2.45, 2.75) is 35.4 Å². The van der Waals surface area contributed by atoms with Gasteiger partial charge in [0.05, 0.1) is 7.11 Å². The Kier molecular flexibility index (Phi) is 3.96. The molecular weight excluding hydrogens is 290 g/mol. The normalized spacial score (nSPS) is 21.6. The van der Waals surface area contributed by atoms with Gasteiger partial charge in [0, 0.05) is 11.3 Å². The highest BCUT2D eigenvalue weighted by Gasteiger charge is 2.28. The molecule has 0 saturated heterocycles. The molecule has 0 spiro atoms. The van der Waals surface area contributed by atoms with Crippen molar-refractivity contribution in [2.75, 3.05) is 7.11 Å². The molecule has 4 nitrogen and oxygen atoms in total. The third kappa shape index (κ3) is 2.68. The van der Waals surface area contributed by atoms with Gasteiger partial charge in [-0.15, -0.1) is 10.2 Å². The number of ether oxygens (including phenoxy) is 1.